The van der Waals surface area contributed by atoms with Crippen molar-refractivity contribution in [1.82, 2.24) is 9.88 Å². The van der Waals surface area contributed by atoms with Gasteiger partial charge in [0.15, 0.2) is 18.2 Å². The second-order valence-electron chi connectivity index (χ2n) is 6.24. The van der Waals surface area contributed by atoms with Crippen LogP contribution in [0, 0.1) is 0 Å². The highest BCUT2D eigenvalue weighted by Crippen LogP contribution is 2.30. The Labute approximate surface area is 151 Å². The van der Waals surface area contributed by atoms with Crippen molar-refractivity contribution in [1.29, 1.82) is 0 Å². The molecule has 8 heteroatoms. The van der Waals surface area contributed by atoms with E-state index in [9.17, 15) is 9.59 Å². The lowest BCUT2D eigenvalue weighted by molar-refractivity contribution is -0.132. The first-order valence-electron chi connectivity index (χ1n) is 8.17. The van der Waals surface area contributed by atoms with Crippen LogP contribution in [0.15, 0.2) is 30.5 Å². The van der Waals surface area contributed by atoms with Gasteiger partial charge in [0.05, 0.1) is 7.11 Å². The normalized spacial score (nSPS) is 15.3. The number of benzene rings is 1. The fraction of sp³-hybridized carbons (Fsp3) is 0.278. The molecule has 0 fully saturated rings. The Morgan fingerprint density at radius 3 is 2.92 bits per heavy atom. The number of carbonyl (C=O) groups excluding carboxylic acids is 2. The molecule has 4 rings (SSSR count). The van der Waals surface area contributed by atoms with Gasteiger partial charge in [-0.3, -0.25) is 14.5 Å². The number of rotatable bonds is 3. The van der Waals surface area contributed by atoms with E-state index in [4.69, 9.17) is 17.3 Å². The highest BCUT2D eigenvalue weighted by atomic mass is 16.5. The maximum absolute atomic E-state index is 12.8. The Bertz CT molecular complexity index is 902. The molecular formula is C18H16BN3O4. The SMILES string of the molecule is [B]c1cnc2c(c1)OCC(=O)N2CC(=O)N1Cc2ccc(OC)cc2C1. The van der Waals surface area contributed by atoms with Gasteiger partial charge in [0.25, 0.3) is 5.91 Å². The average molecular weight is 349 g/mol. The molecule has 0 saturated carbocycles. The molecule has 0 bridgehead atoms. The second kappa shape index (κ2) is 6.36. The zero-order chi connectivity index (χ0) is 18.3. The first kappa shape index (κ1) is 16.4. The predicted molar refractivity (Wildman–Crippen MR) is 94.7 cm³/mol. The van der Waals surface area contributed by atoms with Gasteiger partial charge in [-0.2, -0.15) is 0 Å². The van der Waals surface area contributed by atoms with E-state index >= 15 is 0 Å². The average Bonchev–Trinajstić information content (AvgIpc) is 3.07. The van der Waals surface area contributed by atoms with Crippen molar-refractivity contribution in [3.63, 3.8) is 0 Å². The molecule has 1 aromatic carbocycles. The summed E-state index contributed by atoms with van der Waals surface area (Å²) in [7, 11) is 7.32. The number of aromatic nitrogens is 1. The van der Waals surface area contributed by atoms with E-state index in [1.54, 1.807) is 18.1 Å². The van der Waals surface area contributed by atoms with Gasteiger partial charge in [-0.25, -0.2) is 4.98 Å². The Morgan fingerprint density at radius 1 is 1.31 bits per heavy atom. The third-order valence-electron chi connectivity index (χ3n) is 4.54. The van der Waals surface area contributed by atoms with Crippen molar-refractivity contribution in [2.75, 3.05) is 25.2 Å². The van der Waals surface area contributed by atoms with Crippen molar-refractivity contribution in [2.45, 2.75) is 13.1 Å². The van der Waals surface area contributed by atoms with E-state index in [1.807, 2.05) is 18.2 Å². The molecule has 2 aliphatic heterocycles. The van der Waals surface area contributed by atoms with Crippen molar-refractivity contribution >= 4 is 30.9 Å². The van der Waals surface area contributed by atoms with Gasteiger partial charge < -0.3 is 14.4 Å². The molecule has 2 amide bonds. The monoisotopic (exact) mass is 349 g/mol. The van der Waals surface area contributed by atoms with Crippen LogP contribution in [0.5, 0.6) is 11.5 Å². The second-order valence-corrected chi connectivity index (χ2v) is 6.24. The molecule has 3 heterocycles. The molecular weight excluding hydrogens is 333 g/mol. The van der Waals surface area contributed by atoms with Gasteiger partial charge in [0.1, 0.15) is 20.1 Å². The smallest absolute Gasteiger partial charge is 0.266 e. The summed E-state index contributed by atoms with van der Waals surface area (Å²) in [6.45, 7) is 0.782. The molecule has 0 spiro atoms. The Kier molecular flexibility index (Phi) is 4.03. The van der Waals surface area contributed by atoms with Gasteiger partial charge in [0.2, 0.25) is 5.91 Å². The summed E-state index contributed by atoms with van der Waals surface area (Å²) in [6, 6.07) is 7.37. The van der Waals surface area contributed by atoms with Gasteiger partial charge in [0, 0.05) is 19.3 Å². The highest BCUT2D eigenvalue weighted by molar-refractivity contribution is 6.32. The zero-order valence-corrected chi connectivity index (χ0v) is 14.3. The lowest BCUT2D eigenvalue weighted by Gasteiger charge is -2.29. The standard InChI is InChI=1S/C18H16BN3O4/c1-25-14-3-2-11-7-21(8-12(11)4-14)16(23)9-22-17(24)10-26-15-5-13(19)6-20-18(15)22/h2-6H,7-10H2,1H3. The maximum Gasteiger partial charge on any atom is 0.266 e. The number of amides is 2. The molecule has 1 aromatic heterocycles. The van der Waals surface area contributed by atoms with Gasteiger partial charge in [-0.1, -0.05) is 11.5 Å². The van der Waals surface area contributed by atoms with Crippen molar-refractivity contribution < 1.29 is 19.1 Å². The molecule has 2 aromatic rings. The summed E-state index contributed by atoms with van der Waals surface area (Å²) >= 11 is 0. The molecule has 0 N–H and O–H groups in total. The van der Waals surface area contributed by atoms with Crippen LogP contribution in [0.25, 0.3) is 0 Å². The summed E-state index contributed by atoms with van der Waals surface area (Å²) in [5.74, 6) is 1.03. The van der Waals surface area contributed by atoms with Crippen LogP contribution in [-0.2, 0) is 22.7 Å². The number of methoxy groups -OCH3 is 1. The molecule has 7 nitrogen and oxygen atoms in total. The fourth-order valence-corrected chi connectivity index (χ4v) is 3.17. The van der Waals surface area contributed by atoms with E-state index in [0.29, 0.717) is 30.1 Å². The third kappa shape index (κ3) is 2.87. The van der Waals surface area contributed by atoms with Gasteiger partial charge in [-0.15, -0.1) is 0 Å². The number of hydrogen-bond donors (Lipinski definition) is 0. The summed E-state index contributed by atoms with van der Waals surface area (Å²) in [5, 5.41) is 0. The van der Waals surface area contributed by atoms with Crippen LogP contribution in [-0.4, -0.2) is 49.8 Å². The number of carbonyl (C=O) groups is 2. The quantitative estimate of drug-likeness (QED) is 0.738. The van der Waals surface area contributed by atoms with Gasteiger partial charge >= 0.3 is 0 Å². The van der Waals surface area contributed by atoms with Gasteiger partial charge in [-0.05, 0) is 29.3 Å². The molecule has 0 atom stereocenters. The number of pyridine rings is 1. The number of nitrogens with zero attached hydrogens (tertiary/aromatic N) is 3. The number of hydrogen-bond acceptors (Lipinski definition) is 5. The first-order valence-corrected chi connectivity index (χ1v) is 8.17. The minimum absolute atomic E-state index is 0.0861. The first-order chi connectivity index (χ1) is 12.5. The topological polar surface area (TPSA) is 72.0 Å². The number of fused-ring (bicyclic) bond motifs is 2. The van der Waals surface area contributed by atoms with Crippen LogP contribution in [0.1, 0.15) is 11.1 Å². The predicted octanol–water partition coefficient (Wildman–Crippen LogP) is 0.152. The summed E-state index contributed by atoms with van der Waals surface area (Å²) in [4.78, 5) is 32.2. The third-order valence-corrected chi connectivity index (χ3v) is 4.54. The summed E-state index contributed by atoms with van der Waals surface area (Å²) in [5.41, 5.74) is 2.57. The molecule has 0 saturated heterocycles. The highest BCUT2D eigenvalue weighted by Gasteiger charge is 2.32. The van der Waals surface area contributed by atoms with Crippen LogP contribution >= 0.6 is 0 Å². The molecule has 2 radical (unpaired) electrons. The van der Waals surface area contributed by atoms with E-state index in [2.05, 4.69) is 4.98 Å². The summed E-state index contributed by atoms with van der Waals surface area (Å²) < 4.78 is 10.6. The fourth-order valence-electron chi connectivity index (χ4n) is 3.17. The van der Waals surface area contributed by atoms with Crippen LogP contribution in [0.3, 0.4) is 0 Å². The van der Waals surface area contributed by atoms with Crippen molar-refractivity contribution in [3.8, 4) is 11.5 Å². The molecule has 2 aliphatic rings. The number of anilines is 1. The minimum atomic E-state index is -0.304. The van der Waals surface area contributed by atoms with E-state index in [0.717, 1.165) is 16.9 Å². The van der Waals surface area contributed by atoms with Crippen LogP contribution < -0.4 is 19.8 Å². The van der Waals surface area contributed by atoms with Crippen LogP contribution in [0.4, 0.5) is 5.82 Å². The Morgan fingerprint density at radius 2 is 2.12 bits per heavy atom. The maximum atomic E-state index is 12.8. The number of ether oxygens (including phenoxy) is 2. The molecule has 0 unspecified atom stereocenters. The van der Waals surface area contributed by atoms with E-state index in [1.165, 1.54) is 11.1 Å². The zero-order valence-electron chi connectivity index (χ0n) is 14.3. The van der Waals surface area contributed by atoms with E-state index in [-0.39, 0.29) is 25.0 Å². The summed E-state index contributed by atoms with van der Waals surface area (Å²) in [6.07, 6.45) is 1.44. The largest absolute Gasteiger partial charge is 0.497 e. The van der Waals surface area contributed by atoms with Crippen LogP contribution in [0.2, 0.25) is 0 Å². The molecule has 26 heavy (non-hydrogen) atoms. The van der Waals surface area contributed by atoms with Crippen molar-refractivity contribution in [2.24, 2.45) is 0 Å². The lowest BCUT2D eigenvalue weighted by atomic mass is 9.98. The van der Waals surface area contributed by atoms with E-state index < -0.39 is 0 Å². The molecule has 0 aliphatic carbocycles. The molecule has 130 valence electrons. The van der Waals surface area contributed by atoms with Crippen molar-refractivity contribution in [3.05, 3.63) is 41.6 Å². The minimum Gasteiger partial charge on any atom is -0.497 e. The Hall–Kier alpha value is -3.03. The lowest BCUT2D eigenvalue weighted by Crippen LogP contribution is -2.46. The Balaban J connectivity index is 1.51.